The van der Waals surface area contributed by atoms with Crippen LogP contribution in [0, 0.1) is 11.3 Å². The Balaban J connectivity index is 1.46. The van der Waals surface area contributed by atoms with E-state index in [1.807, 2.05) is 6.07 Å². The van der Waals surface area contributed by atoms with Crippen molar-refractivity contribution < 1.29 is 9.59 Å². The van der Waals surface area contributed by atoms with Crippen LogP contribution in [0.3, 0.4) is 0 Å². The minimum Gasteiger partial charge on any atom is -0.327 e. The Bertz CT molecular complexity index is 866. The summed E-state index contributed by atoms with van der Waals surface area (Å²) in [5.41, 5.74) is 0.584. The first-order valence-corrected chi connectivity index (χ1v) is 7.97. The zero-order chi connectivity index (χ0) is 17.4. The molecule has 0 radical (unpaired) electrons. The number of rotatable bonds is 4. The summed E-state index contributed by atoms with van der Waals surface area (Å²) >= 11 is 0. The molecule has 0 atom stereocenters. The van der Waals surface area contributed by atoms with Crippen LogP contribution in [0.25, 0.3) is 5.69 Å². The first-order valence-electron chi connectivity index (χ1n) is 7.97. The van der Waals surface area contributed by atoms with E-state index in [0.29, 0.717) is 31.6 Å². The molecule has 2 aromatic rings. The average Bonchev–Trinajstić information content (AvgIpc) is 3.30. The predicted molar refractivity (Wildman–Crippen MR) is 83.9 cm³/mol. The molecule has 2 aliphatic rings. The number of piperazine rings is 1. The molecule has 4 rings (SSSR count). The topological polar surface area (TPSA) is 108 Å². The lowest BCUT2D eigenvalue weighted by molar-refractivity contribution is -0.158. The third-order valence-electron chi connectivity index (χ3n) is 4.56. The van der Waals surface area contributed by atoms with Crippen LogP contribution >= 0.6 is 0 Å². The van der Waals surface area contributed by atoms with Gasteiger partial charge in [-0.3, -0.25) is 14.6 Å². The third kappa shape index (κ3) is 2.61. The summed E-state index contributed by atoms with van der Waals surface area (Å²) in [6.45, 7) is 0.959. The Morgan fingerprint density at radius 2 is 2.08 bits per heavy atom. The zero-order valence-corrected chi connectivity index (χ0v) is 13.4. The standard InChI is InChI=1S/C16H15N7O2/c17-11-16(3-4-16)22-7-6-21(14(24)15(22)25)9-12-10-23(20-19-12)13-2-1-5-18-8-13/h1-2,5,8,10H,3-4,6-7,9H2. The highest BCUT2D eigenvalue weighted by Gasteiger charge is 2.54. The van der Waals surface area contributed by atoms with Crippen molar-refractivity contribution in [2.24, 2.45) is 0 Å². The highest BCUT2D eigenvalue weighted by molar-refractivity contribution is 6.35. The van der Waals surface area contributed by atoms with Gasteiger partial charge in [-0.05, 0) is 25.0 Å². The summed E-state index contributed by atoms with van der Waals surface area (Å²) in [6, 6.07) is 5.80. The number of nitriles is 1. The second-order valence-electron chi connectivity index (χ2n) is 6.19. The molecule has 1 saturated carbocycles. The van der Waals surface area contributed by atoms with Gasteiger partial charge in [0.25, 0.3) is 0 Å². The minimum atomic E-state index is -0.762. The Hall–Kier alpha value is -3.28. The highest BCUT2D eigenvalue weighted by atomic mass is 16.2. The maximum atomic E-state index is 12.4. The summed E-state index contributed by atoms with van der Waals surface area (Å²) in [5.74, 6) is -1.20. The first kappa shape index (κ1) is 15.3. The van der Waals surface area contributed by atoms with Crippen molar-refractivity contribution in [3.63, 3.8) is 0 Å². The Morgan fingerprint density at radius 3 is 2.76 bits per heavy atom. The smallest absolute Gasteiger partial charge is 0.313 e. The molecular weight excluding hydrogens is 322 g/mol. The SMILES string of the molecule is N#CC1(N2CCN(Cc3cn(-c4cccnc4)nn3)C(=O)C2=O)CC1. The van der Waals surface area contributed by atoms with Crippen molar-refractivity contribution in [2.45, 2.75) is 24.9 Å². The van der Waals surface area contributed by atoms with E-state index in [0.717, 1.165) is 5.69 Å². The molecule has 1 aliphatic heterocycles. The minimum absolute atomic E-state index is 0.207. The summed E-state index contributed by atoms with van der Waals surface area (Å²) in [4.78, 5) is 31.6. The van der Waals surface area contributed by atoms with Crippen molar-refractivity contribution in [1.82, 2.24) is 29.8 Å². The van der Waals surface area contributed by atoms with Crippen molar-refractivity contribution in [3.05, 3.63) is 36.4 Å². The monoisotopic (exact) mass is 337 g/mol. The molecule has 0 unspecified atom stereocenters. The van der Waals surface area contributed by atoms with E-state index in [4.69, 9.17) is 0 Å². The van der Waals surface area contributed by atoms with E-state index >= 15 is 0 Å². The van der Waals surface area contributed by atoms with E-state index in [-0.39, 0.29) is 6.54 Å². The van der Waals surface area contributed by atoms with E-state index in [9.17, 15) is 14.9 Å². The molecular formula is C16H15N7O2. The van der Waals surface area contributed by atoms with Crippen LogP contribution in [0.4, 0.5) is 0 Å². The lowest BCUT2D eigenvalue weighted by Gasteiger charge is -2.35. The van der Waals surface area contributed by atoms with Gasteiger partial charge in [-0.1, -0.05) is 5.21 Å². The third-order valence-corrected chi connectivity index (χ3v) is 4.56. The largest absolute Gasteiger partial charge is 0.327 e. The second kappa shape index (κ2) is 5.66. The molecule has 0 aromatic carbocycles. The van der Waals surface area contributed by atoms with Gasteiger partial charge in [-0.2, -0.15) is 5.26 Å². The average molecular weight is 337 g/mol. The maximum absolute atomic E-state index is 12.4. The molecule has 0 N–H and O–H groups in total. The number of hydrogen-bond acceptors (Lipinski definition) is 6. The van der Waals surface area contributed by atoms with Gasteiger partial charge in [0.15, 0.2) is 0 Å². The molecule has 2 fully saturated rings. The van der Waals surface area contributed by atoms with Crippen molar-refractivity contribution in [3.8, 4) is 11.8 Å². The van der Waals surface area contributed by atoms with Crippen LogP contribution in [0.5, 0.6) is 0 Å². The zero-order valence-electron chi connectivity index (χ0n) is 13.4. The predicted octanol–water partition coefficient (Wildman–Crippen LogP) is -0.111. The molecule has 0 bridgehead atoms. The molecule has 2 aromatic heterocycles. The molecule has 1 aliphatic carbocycles. The number of hydrogen-bond donors (Lipinski definition) is 0. The van der Waals surface area contributed by atoms with Crippen molar-refractivity contribution >= 4 is 11.8 Å². The van der Waals surface area contributed by atoms with Gasteiger partial charge in [0.1, 0.15) is 11.2 Å². The normalized spacial score (nSPS) is 19.0. The molecule has 9 nitrogen and oxygen atoms in total. The Labute approximate surface area is 143 Å². The molecule has 25 heavy (non-hydrogen) atoms. The molecule has 9 heteroatoms. The van der Waals surface area contributed by atoms with Gasteiger partial charge in [0, 0.05) is 19.3 Å². The molecule has 3 heterocycles. The lowest BCUT2D eigenvalue weighted by Crippen LogP contribution is -2.57. The summed E-state index contributed by atoms with van der Waals surface area (Å²) in [7, 11) is 0. The van der Waals surface area contributed by atoms with Crippen LogP contribution in [-0.2, 0) is 16.1 Å². The molecule has 1 saturated heterocycles. The highest BCUT2D eigenvalue weighted by Crippen LogP contribution is 2.41. The summed E-state index contributed by atoms with van der Waals surface area (Å²) in [6.07, 6.45) is 6.31. The van der Waals surface area contributed by atoms with Crippen LogP contribution in [-0.4, -0.2) is 60.2 Å². The van der Waals surface area contributed by atoms with Gasteiger partial charge in [-0.15, -0.1) is 5.10 Å². The first-order chi connectivity index (χ1) is 12.1. The summed E-state index contributed by atoms with van der Waals surface area (Å²) in [5, 5.41) is 17.3. The van der Waals surface area contributed by atoms with Gasteiger partial charge in [-0.25, -0.2) is 4.68 Å². The number of nitrogens with zero attached hydrogens (tertiary/aromatic N) is 7. The fourth-order valence-corrected chi connectivity index (χ4v) is 2.98. The second-order valence-corrected chi connectivity index (χ2v) is 6.19. The molecule has 2 amide bonds. The molecule has 126 valence electrons. The van der Waals surface area contributed by atoms with E-state index < -0.39 is 17.4 Å². The lowest BCUT2D eigenvalue weighted by atomic mass is 10.2. The van der Waals surface area contributed by atoms with Crippen LogP contribution in [0.1, 0.15) is 18.5 Å². The quantitative estimate of drug-likeness (QED) is 0.720. The number of carbonyl (C=O) groups excluding carboxylic acids is 2. The van der Waals surface area contributed by atoms with Crippen molar-refractivity contribution in [1.29, 1.82) is 5.26 Å². The van der Waals surface area contributed by atoms with Gasteiger partial charge >= 0.3 is 11.8 Å². The van der Waals surface area contributed by atoms with Crippen LogP contribution in [0.15, 0.2) is 30.7 Å². The number of amides is 2. The fourth-order valence-electron chi connectivity index (χ4n) is 2.98. The number of pyridine rings is 1. The van der Waals surface area contributed by atoms with Crippen molar-refractivity contribution in [2.75, 3.05) is 13.1 Å². The van der Waals surface area contributed by atoms with Crippen LogP contribution in [0.2, 0.25) is 0 Å². The Kier molecular flexibility index (Phi) is 3.46. The van der Waals surface area contributed by atoms with E-state index in [1.165, 1.54) is 9.80 Å². The summed E-state index contributed by atoms with van der Waals surface area (Å²) < 4.78 is 1.57. The Morgan fingerprint density at radius 1 is 1.24 bits per heavy atom. The van der Waals surface area contributed by atoms with Gasteiger partial charge < -0.3 is 9.80 Å². The van der Waals surface area contributed by atoms with Gasteiger partial charge in [0.2, 0.25) is 0 Å². The number of aromatic nitrogens is 4. The van der Waals surface area contributed by atoms with E-state index in [2.05, 4.69) is 21.4 Å². The van der Waals surface area contributed by atoms with Gasteiger partial charge in [0.05, 0.1) is 30.7 Å². The van der Waals surface area contributed by atoms with Crippen LogP contribution < -0.4 is 0 Å². The number of carbonyl (C=O) groups is 2. The molecule has 0 spiro atoms. The van der Waals surface area contributed by atoms with E-state index in [1.54, 1.807) is 29.3 Å². The maximum Gasteiger partial charge on any atom is 0.313 e. The fraction of sp³-hybridized carbons (Fsp3) is 0.375.